The van der Waals surface area contributed by atoms with Gasteiger partial charge in [-0.25, -0.2) is 9.48 Å². The number of hydrogen-bond donors (Lipinski definition) is 0. The van der Waals surface area contributed by atoms with Crippen molar-refractivity contribution in [3.8, 4) is 11.8 Å². The summed E-state index contributed by atoms with van der Waals surface area (Å²) in [4.78, 5) is 16.1. The average molecular weight is 307 g/mol. The molecule has 0 aliphatic rings. The Labute approximate surface area is 132 Å². The quantitative estimate of drug-likeness (QED) is 0.688. The van der Waals surface area contributed by atoms with Gasteiger partial charge in [0.05, 0.1) is 11.4 Å². The predicted molar refractivity (Wildman–Crippen MR) is 81.9 cm³/mol. The molecule has 2 heterocycles. The van der Waals surface area contributed by atoms with Crippen LogP contribution in [0.1, 0.15) is 23.1 Å². The first-order valence-electron chi connectivity index (χ1n) is 6.98. The molecule has 0 bridgehead atoms. The zero-order valence-corrected chi connectivity index (χ0v) is 12.6. The van der Waals surface area contributed by atoms with Crippen molar-refractivity contribution in [2.75, 3.05) is 0 Å². The third-order valence-electron chi connectivity index (χ3n) is 3.44. The fourth-order valence-electron chi connectivity index (χ4n) is 2.28. The lowest BCUT2D eigenvalue weighted by Crippen LogP contribution is -2.14. The molecule has 0 fully saturated rings. The Kier molecular flexibility index (Phi) is 3.73. The van der Waals surface area contributed by atoms with Crippen LogP contribution < -0.4 is 0 Å². The highest BCUT2D eigenvalue weighted by Gasteiger charge is 2.21. The van der Waals surface area contributed by atoms with Crippen molar-refractivity contribution in [1.82, 2.24) is 20.0 Å². The first-order valence-corrected chi connectivity index (χ1v) is 6.98. The number of carbonyl (C=O) groups excluding carboxylic acids is 1. The van der Waals surface area contributed by atoms with Gasteiger partial charge in [-0.15, -0.1) is 5.10 Å². The van der Waals surface area contributed by atoms with Gasteiger partial charge in [0.25, 0.3) is 0 Å². The van der Waals surface area contributed by atoms with Crippen LogP contribution in [0.5, 0.6) is 0 Å². The summed E-state index contributed by atoms with van der Waals surface area (Å²) in [5.41, 5.74) is 1.44. The van der Waals surface area contributed by atoms with E-state index in [1.54, 1.807) is 24.0 Å². The molecule has 3 aromatic rings. The van der Waals surface area contributed by atoms with Gasteiger partial charge in [0.1, 0.15) is 6.07 Å². The number of aromatic nitrogens is 4. The molecule has 0 N–H and O–H groups in total. The second-order valence-electron chi connectivity index (χ2n) is 4.99. The lowest BCUT2D eigenvalue weighted by Gasteiger charge is -2.08. The van der Waals surface area contributed by atoms with Crippen LogP contribution in [-0.2, 0) is 4.74 Å². The lowest BCUT2D eigenvalue weighted by molar-refractivity contribution is 0.0427. The van der Waals surface area contributed by atoms with E-state index in [0.29, 0.717) is 5.69 Å². The fraction of sp³-hybridized carbons (Fsp3) is 0.188. The Bertz CT molecular complexity index is 920. The van der Waals surface area contributed by atoms with E-state index >= 15 is 0 Å². The second-order valence-corrected chi connectivity index (χ2v) is 4.99. The minimum atomic E-state index is -0.837. The molecular weight excluding hydrogens is 294 g/mol. The molecule has 2 aromatic heterocycles. The Morgan fingerprint density at radius 2 is 2.22 bits per heavy atom. The van der Waals surface area contributed by atoms with Gasteiger partial charge < -0.3 is 4.74 Å². The standard InChI is InChI=1S/C16H13N5O2/c1-10(8-17)23-16(22)15-11(2)21(20-19-15)14-5-3-4-12-9-18-7-6-13(12)14/h3-7,9-10H,1-2H3/t10-/m0/s1. The van der Waals surface area contributed by atoms with Crippen molar-refractivity contribution < 1.29 is 9.53 Å². The van der Waals surface area contributed by atoms with Crippen LogP contribution in [0.2, 0.25) is 0 Å². The van der Waals surface area contributed by atoms with Gasteiger partial charge in [0.2, 0.25) is 0 Å². The highest BCUT2D eigenvalue weighted by Crippen LogP contribution is 2.22. The molecule has 0 aliphatic carbocycles. The summed E-state index contributed by atoms with van der Waals surface area (Å²) in [6.45, 7) is 3.23. The zero-order valence-electron chi connectivity index (χ0n) is 12.6. The first-order chi connectivity index (χ1) is 11.1. The summed E-state index contributed by atoms with van der Waals surface area (Å²) in [5, 5.41) is 18.6. The van der Waals surface area contributed by atoms with Crippen molar-refractivity contribution >= 4 is 16.7 Å². The number of nitriles is 1. The molecule has 0 aliphatic heterocycles. The van der Waals surface area contributed by atoms with Gasteiger partial charge in [0.15, 0.2) is 11.8 Å². The molecule has 0 amide bonds. The van der Waals surface area contributed by atoms with Crippen LogP contribution in [-0.4, -0.2) is 32.1 Å². The van der Waals surface area contributed by atoms with Crippen molar-refractivity contribution in [3.05, 3.63) is 48.0 Å². The van der Waals surface area contributed by atoms with Crippen molar-refractivity contribution in [2.24, 2.45) is 0 Å². The first kappa shape index (κ1) is 14.7. The lowest BCUT2D eigenvalue weighted by atomic mass is 10.1. The number of fused-ring (bicyclic) bond motifs is 1. The maximum Gasteiger partial charge on any atom is 0.362 e. The number of hydrogen-bond acceptors (Lipinski definition) is 6. The number of esters is 1. The maximum atomic E-state index is 12.0. The number of carbonyl (C=O) groups is 1. The molecular formula is C16H13N5O2. The SMILES string of the molecule is Cc1c(C(=O)O[C@@H](C)C#N)nnn1-c1cccc2cnccc12. The van der Waals surface area contributed by atoms with Crippen LogP contribution in [0.15, 0.2) is 36.7 Å². The van der Waals surface area contributed by atoms with Crippen LogP contribution in [0.25, 0.3) is 16.5 Å². The maximum absolute atomic E-state index is 12.0. The van der Waals surface area contributed by atoms with E-state index in [-0.39, 0.29) is 5.69 Å². The third-order valence-corrected chi connectivity index (χ3v) is 3.44. The van der Waals surface area contributed by atoms with E-state index in [4.69, 9.17) is 10.00 Å². The summed E-state index contributed by atoms with van der Waals surface area (Å²) in [7, 11) is 0. The molecule has 0 saturated heterocycles. The summed E-state index contributed by atoms with van der Waals surface area (Å²) in [6, 6.07) is 9.44. The smallest absolute Gasteiger partial charge is 0.362 e. The van der Waals surface area contributed by atoms with Gasteiger partial charge >= 0.3 is 5.97 Å². The Morgan fingerprint density at radius 1 is 1.39 bits per heavy atom. The number of rotatable bonds is 3. The third kappa shape index (κ3) is 2.62. The largest absolute Gasteiger partial charge is 0.442 e. The molecule has 0 unspecified atom stereocenters. The van der Waals surface area contributed by atoms with E-state index in [0.717, 1.165) is 16.5 Å². The van der Waals surface area contributed by atoms with E-state index < -0.39 is 12.1 Å². The van der Waals surface area contributed by atoms with Crippen LogP contribution in [0.4, 0.5) is 0 Å². The Hall–Kier alpha value is -3.27. The molecule has 7 heteroatoms. The highest BCUT2D eigenvalue weighted by atomic mass is 16.5. The summed E-state index contributed by atoms with van der Waals surface area (Å²) < 4.78 is 6.56. The summed E-state index contributed by atoms with van der Waals surface area (Å²) in [5.74, 6) is -0.662. The van der Waals surface area contributed by atoms with Gasteiger partial charge in [-0.2, -0.15) is 5.26 Å². The van der Waals surface area contributed by atoms with Gasteiger partial charge in [0, 0.05) is 23.2 Å². The van der Waals surface area contributed by atoms with Crippen molar-refractivity contribution in [2.45, 2.75) is 20.0 Å². The molecule has 0 spiro atoms. The minimum Gasteiger partial charge on any atom is -0.442 e. The molecule has 23 heavy (non-hydrogen) atoms. The second kappa shape index (κ2) is 5.85. The highest BCUT2D eigenvalue weighted by molar-refractivity contribution is 5.91. The van der Waals surface area contributed by atoms with Gasteiger partial charge in [-0.3, -0.25) is 4.98 Å². The molecule has 0 radical (unpaired) electrons. The van der Waals surface area contributed by atoms with E-state index in [9.17, 15) is 4.79 Å². The average Bonchev–Trinajstić information content (AvgIpc) is 2.95. The molecule has 7 nitrogen and oxygen atoms in total. The van der Waals surface area contributed by atoms with Crippen LogP contribution >= 0.6 is 0 Å². The Balaban J connectivity index is 2.05. The van der Waals surface area contributed by atoms with E-state index in [1.807, 2.05) is 30.3 Å². The minimum absolute atomic E-state index is 0.0955. The van der Waals surface area contributed by atoms with E-state index in [2.05, 4.69) is 15.3 Å². The Morgan fingerprint density at radius 3 is 3.00 bits per heavy atom. The molecule has 3 rings (SSSR count). The number of ether oxygens (including phenoxy) is 1. The summed E-state index contributed by atoms with van der Waals surface area (Å²) >= 11 is 0. The monoisotopic (exact) mass is 307 g/mol. The molecule has 0 saturated carbocycles. The fourth-order valence-corrected chi connectivity index (χ4v) is 2.28. The molecule has 1 aromatic carbocycles. The number of benzene rings is 1. The molecule has 1 atom stereocenters. The molecule has 114 valence electrons. The van der Waals surface area contributed by atoms with Crippen LogP contribution in [0.3, 0.4) is 0 Å². The van der Waals surface area contributed by atoms with E-state index in [1.165, 1.54) is 6.92 Å². The number of nitrogens with zero attached hydrogens (tertiary/aromatic N) is 5. The number of pyridine rings is 1. The normalized spacial score (nSPS) is 11.9. The van der Waals surface area contributed by atoms with Crippen LogP contribution in [0, 0.1) is 18.3 Å². The topological polar surface area (TPSA) is 93.7 Å². The van der Waals surface area contributed by atoms with Gasteiger partial charge in [-0.1, -0.05) is 17.3 Å². The predicted octanol–water partition coefficient (Wildman–Crippen LogP) is 2.19. The van der Waals surface area contributed by atoms with Gasteiger partial charge in [-0.05, 0) is 26.0 Å². The zero-order chi connectivity index (χ0) is 16.4. The summed E-state index contributed by atoms with van der Waals surface area (Å²) in [6.07, 6.45) is 2.62. The van der Waals surface area contributed by atoms with Crippen molar-refractivity contribution in [3.63, 3.8) is 0 Å². The van der Waals surface area contributed by atoms with Crippen molar-refractivity contribution in [1.29, 1.82) is 5.26 Å².